The summed E-state index contributed by atoms with van der Waals surface area (Å²) >= 11 is 0. The Balaban J connectivity index is 2.68. The zero-order valence-electron chi connectivity index (χ0n) is 9.53. The van der Waals surface area contributed by atoms with Crippen LogP contribution in [-0.2, 0) is 0 Å². The molecule has 1 saturated carbocycles. The molecule has 0 heterocycles. The Kier molecular flexibility index (Phi) is 5.26. The van der Waals surface area contributed by atoms with Crippen LogP contribution in [0.4, 0.5) is 0 Å². The molecule has 7 heteroatoms. The van der Waals surface area contributed by atoms with Gasteiger partial charge >= 0.3 is 0 Å². The van der Waals surface area contributed by atoms with Gasteiger partial charge in [-0.1, -0.05) is 0 Å². The molecule has 0 bridgehead atoms. The first-order chi connectivity index (χ1) is 7.95. The molecular formula is C10H21NO6. The van der Waals surface area contributed by atoms with Crippen LogP contribution in [-0.4, -0.2) is 80.4 Å². The van der Waals surface area contributed by atoms with Gasteiger partial charge in [-0.2, -0.15) is 0 Å². The maximum atomic E-state index is 9.91. The van der Waals surface area contributed by atoms with Gasteiger partial charge in [-0.3, -0.25) is 0 Å². The lowest BCUT2D eigenvalue weighted by molar-refractivity contribution is -0.134. The summed E-state index contributed by atoms with van der Waals surface area (Å²) in [7, 11) is 0. The molecule has 0 aromatic heterocycles. The van der Waals surface area contributed by atoms with Gasteiger partial charge in [-0.25, -0.2) is 0 Å². The van der Waals surface area contributed by atoms with Crippen molar-refractivity contribution in [2.75, 3.05) is 19.8 Å². The fourth-order valence-corrected chi connectivity index (χ4v) is 2.14. The van der Waals surface area contributed by atoms with Crippen molar-refractivity contribution < 1.29 is 30.6 Å². The lowest BCUT2D eigenvalue weighted by Gasteiger charge is -2.42. The fraction of sp³-hybridized carbons (Fsp3) is 1.00. The van der Waals surface area contributed by atoms with Crippen LogP contribution in [0.1, 0.15) is 12.8 Å². The van der Waals surface area contributed by atoms with E-state index < -0.39 is 36.5 Å². The highest BCUT2D eigenvalue weighted by Gasteiger charge is 2.44. The quantitative estimate of drug-likeness (QED) is 0.270. The van der Waals surface area contributed by atoms with Crippen LogP contribution in [0.25, 0.3) is 0 Å². The van der Waals surface area contributed by atoms with Crippen molar-refractivity contribution >= 4 is 0 Å². The van der Waals surface area contributed by atoms with Crippen molar-refractivity contribution in [2.45, 2.75) is 42.7 Å². The molecule has 0 aromatic rings. The Morgan fingerprint density at radius 1 is 1.12 bits per heavy atom. The van der Waals surface area contributed by atoms with Crippen molar-refractivity contribution in [1.29, 1.82) is 0 Å². The summed E-state index contributed by atoms with van der Waals surface area (Å²) in [5.41, 5.74) is -1.45. The summed E-state index contributed by atoms with van der Waals surface area (Å²) in [6.07, 6.45) is -2.33. The molecule has 1 aliphatic rings. The van der Waals surface area contributed by atoms with Gasteiger partial charge in [-0.15, -0.1) is 0 Å². The molecule has 4 atom stereocenters. The van der Waals surface area contributed by atoms with Gasteiger partial charge < -0.3 is 36.0 Å². The van der Waals surface area contributed by atoms with Gasteiger partial charge in [0.1, 0.15) is 0 Å². The molecule has 1 rings (SSSR count). The van der Waals surface area contributed by atoms with Crippen LogP contribution in [0.15, 0.2) is 0 Å². The summed E-state index contributed by atoms with van der Waals surface area (Å²) in [5.74, 6) is 0. The van der Waals surface area contributed by atoms with Crippen LogP contribution in [0.5, 0.6) is 0 Å². The molecular weight excluding hydrogens is 230 g/mol. The molecule has 1 aliphatic carbocycles. The molecule has 0 spiro atoms. The van der Waals surface area contributed by atoms with E-state index in [1.807, 2.05) is 0 Å². The second-order valence-electron chi connectivity index (χ2n) is 4.68. The molecule has 1 fully saturated rings. The first-order valence-corrected chi connectivity index (χ1v) is 5.63. The molecule has 0 radical (unpaired) electrons. The topological polar surface area (TPSA) is 133 Å². The van der Waals surface area contributed by atoms with Crippen molar-refractivity contribution in [3.63, 3.8) is 0 Å². The van der Waals surface area contributed by atoms with E-state index in [0.29, 0.717) is 0 Å². The van der Waals surface area contributed by atoms with E-state index in [1.54, 1.807) is 0 Å². The summed E-state index contributed by atoms with van der Waals surface area (Å²) in [6.45, 7) is -1.17. The molecule has 7 N–H and O–H groups in total. The summed E-state index contributed by atoms with van der Waals surface area (Å²) < 4.78 is 0. The van der Waals surface area contributed by atoms with Crippen molar-refractivity contribution in [1.82, 2.24) is 5.32 Å². The molecule has 0 saturated heterocycles. The van der Waals surface area contributed by atoms with E-state index in [9.17, 15) is 15.3 Å². The minimum atomic E-state index is -1.45. The SMILES string of the molecule is OCC(CO)N[C@H]1C[C@](O)(CO)C[C@H](O)[C@H]1O. The maximum Gasteiger partial charge on any atom is 0.0953 e. The average molecular weight is 251 g/mol. The van der Waals surface area contributed by atoms with E-state index >= 15 is 0 Å². The van der Waals surface area contributed by atoms with Crippen LogP contribution in [0, 0.1) is 0 Å². The fourth-order valence-electron chi connectivity index (χ4n) is 2.14. The lowest BCUT2D eigenvalue weighted by Crippen LogP contribution is -2.61. The van der Waals surface area contributed by atoms with Gasteiger partial charge in [0.2, 0.25) is 0 Å². The third kappa shape index (κ3) is 3.59. The molecule has 0 aromatic carbocycles. The van der Waals surface area contributed by atoms with Gasteiger partial charge in [0.25, 0.3) is 0 Å². The van der Waals surface area contributed by atoms with Crippen LogP contribution >= 0.6 is 0 Å². The van der Waals surface area contributed by atoms with Gasteiger partial charge in [-0.05, 0) is 6.42 Å². The largest absolute Gasteiger partial charge is 0.395 e. The van der Waals surface area contributed by atoms with Crippen molar-refractivity contribution in [2.24, 2.45) is 0 Å². The predicted molar refractivity (Wildman–Crippen MR) is 58.2 cm³/mol. The summed E-state index contributed by atoms with van der Waals surface area (Å²) in [6, 6.07) is -1.33. The Morgan fingerprint density at radius 3 is 2.18 bits per heavy atom. The van der Waals surface area contributed by atoms with E-state index in [0.717, 1.165) is 0 Å². The number of hydrogen-bond acceptors (Lipinski definition) is 7. The third-order valence-electron chi connectivity index (χ3n) is 3.18. The molecule has 102 valence electrons. The van der Waals surface area contributed by atoms with Crippen LogP contribution in [0.3, 0.4) is 0 Å². The Labute approximate surface area is 99.3 Å². The highest BCUT2D eigenvalue weighted by atomic mass is 16.3. The van der Waals surface area contributed by atoms with Gasteiger partial charge in [0.15, 0.2) is 0 Å². The van der Waals surface area contributed by atoms with E-state index in [1.165, 1.54) is 0 Å². The Hall–Kier alpha value is -0.280. The highest BCUT2D eigenvalue weighted by Crippen LogP contribution is 2.29. The van der Waals surface area contributed by atoms with Crippen molar-refractivity contribution in [3.05, 3.63) is 0 Å². The highest BCUT2D eigenvalue weighted by molar-refractivity contribution is 4.99. The standard InChI is InChI=1S/C10H21NO6/c12-3-6(4-13)11-7-1-10(17,5-14)2-8(15)9(7)16/h6-9,11-17H,1-5H2/t7-,8-,9-,10+/m0/s1. The van der Waals surface area contributed by atoms with Gasteiger partial charge in [0, 0.05) is 12.5 Å². The second kappa shape index (κ2) is 6.05. The number of nitrogens with one attached hydrogen (secondary N) is 1. The minimum Gasteiger partial charge on any atom is -0.395 e. The molecule has 17 heavy (non-hydrogen) atoms. The summed E-state index contributed by atoms with van der Waals surface area (Å²) in [5, 5.41) is 58.9. The first kappa shape index (κ1) is 14.8. The van der Waals surface area contributed by atoms with Gasteiger partial charge in [0.05, 0.1) is 43.7 Å². The monoisotopic (exact) mass is 251 g/mol. The second-order valence-corrected chi connectivity index (χ2v) is 4.68. The zero-order chi connectivity index (χ0) is 13.1. The average Bonchev–Trinajstić information content (AvgIpc) is 2.32. The maximum absolute atomic E-state index is 9.91. The third-order valence-corrected chi connectivity index (χ3v) is 3.18. The summed E-state index contributed by atoms with van der Waals surface area (Å²) in [4.78, 5) is 0. The number of aliphatic hydroxyl groups excluding tert-OH is 5. The smallest absolute Gasteiger partial charge is 0.0953 e. The zero-order valence-corrected chi connectivity index (χ0v) is 9.53. The predicted octanol–water partition coefficient (Wildman–Crippen LogP) is -3.46. The van der Waals surface area contributed by atoms with Crippen molar-refractivity contribution in [3.8, 4) is 0 Å². The molecule has 0 aliphatic heterocycles. The van der Waals surface area contributed by atoms with E-state index in [-0.39, 0.29) is 26.1 Å². The normalized spacial score (nSPS) is 38.6. The Bertz CT molecular complexity index is 237. The van der Waals surface area contributed by atoms with E-state index in [2.05, 4.69) is 5.32 Å². The molecule has 0 unspecified atom stereocenters. The molecule has 0 amide bonds. The van der Waals surface area contributed by atoms with E-state index in [4.69, 9.17) is 15.3 Å². The number of rotatable bonds is 5. The number of hydrogen-bond donors (Lipinski definition) is 7. The number of aliphatic hydroxyl groups is 6. The minimum absolute atomic E-state index is 0.0399. The molecule has 7 nitrogen and oxygen atoms in total. The van der Waals surface area contributed by atoms with Crippen LogP contribution in [0.2, 0.25) is 0 Å². The lowest BCUT2D eigenvalue weighted by atomic mass is 9.78. The first-order valence-electron chi connectivity index (χ1n) is 5.63. The van der Waals surface area contributed by atoms with Crippen LogP contribution < -0.4 is 5.32 Å². The Morgan fingerprint density at radius 2 is 1.71 bits per heavy atom.